The average Bonchev–Trinajstić information content (AvgIpc) is 2.81. The van der Waals surface area contributed by atoms with Crippen LogP contribution in [0.4, 0.5) is 0 Å². The number of fused-ring (bicyclic) bond motifs is 1. The zero-order chi connectivity index (χ0) is 14.1. The van der Waals surface area contributed by atoms with Crippen LogP contribution in [0.5, 0.6) is 0 Å². The first-order valence-electron chi connectivity index (χ1n) is 6.48. The number of carboxylic acid groups (broad SMARTS) is 1. The van der Waals surface area contributed by atoms with Crippen molar-refractivity contribution in [3.8, 4) is 0 Å². The number of rotatable bonds is 3. The SMILES string of the molecule is O=C(O)C1CC(=O)N(Cc2nccc3ccccc23)C1. The van der Waals surface area contributed by atoms with Gasteiger partial charge < -0.3 is 10.0 Å². The highest BCUT2D eigenvalue weighted by atomic mass is 16.4. The first-order chi connectivity index (χ1) is 9.65. The summed E-state index contributed by atoms with van der Waals surface area (Å²) in [5.41, 5.74) is 0.808. The maximum Gasteiger partial charge on any atom is 0.308 e. The smallest absolute Gasteiger partial charge is 0.308 e. The largest absolute Gasteiger partial charge is 0.481 e. The van der Waals surface area contributed by atoms with Gasteiger partial charge in [-0.05, 0) is 11.5 Å². The van der Waals surface area contributed by atoms with Gasteiger partial charge in [-0.25, -0.2) is 0 Å². The average molecular weight is 270 g/mol. The molecular formula is C15H14N2O3. The van der Waals surface area contributed by atoms with Crippen LogP contribution in [-0.4, -0.2) is 33.4 Å². The molecule has 0 bridgehead atoms. The van der Waals surface area contributed by atoms with Crippen LogP contribution >= 0.6 is 0 Å². The molecule has 1 unspecified atom stereocenters. The van der Waals surface area contributed by atoms with Gasteiger partial charge in [0.05, 0.1) is 18.2 Å². The van der Waals surface area contributed by atoms with Crippen LogP contribution in [0, 0.1) is 5.92 Å². The second-order valence-corrected chi connectivity index (χ2v) is 4.99. The lowest BCUT2D eigenvalue weighted by Gasteiger charge is -2.16. The molecule has 1 fully saturated rings. The molecule has 102 valence electrons. The minimum atomic E-state index is -0.910. The van der Waals surface area contributed by atoms with Gasteiger partial charge in [-0.15, -0.1) is 0 Å². The molecular weight excluding hydrogens is 256 g/mol. The number of nitrogens with zero attached hydrogens (tertiary/aromatic N) is 2. The molecule has 1 aliphatic rings. The molecule has 0 spiro atoms. The maximum atomic E-state index is 11.9. The van der Waals surface area contributed by atoms with E-state index in [0.29, 0.717) is 6.54 Å². The van der Waals surface area contributed by atoms with E-state index in [2.05, 4.69) is 4.98 Å². The van der Waals surface area contributed by atoms with E-state index in [-0.39, 0.29) is 18.9 Å². The molecule has 1 aliphatic heterocycles. The lowest BCUT2D eigenvalue weighted by Crippen LogP contribution is -2.26. The van der Waals surface area contributed by atoms with Crippen LogP contribution in [0.3, 0.4) is 0 Å². The summed E-state index contributed by atoms with van der Waals surface area (Å²) in [6.07, 6.45) is 1.80. The molecule has 5 heteroatoms. The van der Waals surface area contributed by atoms with Crippen molar-refractivity contribution in [1.82, 2.24) is 9.88 Å². The van der Waals surface area contributed by atoms with Gasteiger partial charge in [-0.1, -0.05) is 24.3 Å². The molecule has 0 saturated carbocycles. The zero-order valence-electron chi connectivity index (χ0n) is 10.8. The Kier molecular flexibility index (Phi) is 3.10. The zero-order valence-corrected chi connectivity index (χ0v) is 10.8. The minimum Gasteiger partial charge on any atom is -0.481 e. The Morgan fingerprint density at radius 1 is 1.35 bits per heavy atom. The number of hydrogen-bond donors (Lipinski definition) is 1. The van der Waals surface area contributed by atoms with E-state index in [9.17, 15) is 9.59 Å². The molecule has 1 aromatic heterocycles. The maximum absolute atomic E-state index is 11.9. The van der Waals surface area contributed by atoms with Gasteiger partial charge in [-0.2, -0.15) is 0 Å². The summed E-state index contributed by atoms with van der Waals surface area (Å²) < 4.78 is 0. The van der Waals surface area contributed by atoms with E-state index in [1.807, 2.05) is 30.3 Å². The Hall–Kier alpha value is -2.43. The van der Waals surface area contributed by atoms with Crippen LogP contribution in [0.1, 0.15) is 12.1 Å². The first kappa shape index (κ1) is 12.6. The summed E-state index contributed by atoms with van der Waals surface area (Å²) in [6, 6.07) is 9.76. The van der Waals surface area contributed by atoms with Gasteiger partial charge in [0.1, 0.15) is 0 Å². The highest BCUT2D eigenvalue weighted by Crippen LogP contribution is 2.23. The number of hydrogen-bond acceptors (Lipinski definition) is 3. The fraction of sp³-hybridized carbons (Fsp3) is 0.267. The number of benzene rings is 1. The van der Waals surface area contributed by atoms with Crippen molar-refractivity contribution in [3.05, 3.63) is 42.2 Å². The van der Waals surface area contributed by atoms with Gasteiger partial charge >= 0.3 is 5.97 Å². The molecule has 1 aromatic carbocycles. The summed E-state index contributed by atoms with van der Waals surface area (Å²) in [5.74, 6) is -1.63. The van der Waals surface area contributed by atoms with Crippen LogP contribution < -0.4 is 0 Å². The summed E-state index contributed by atoms with van der Waals surface area (Å²) >= 11 is 0. The molecule has 1 atom stereocenters. The Morgan fingerprint density at radius 3 is 2.90 bits per heavy atom. The molecule has 2 aromatic rings. The molecule has 0 radical (unpaired) electrons. The highest BCUT2D eigenvalue weighted by molar-refractivity contribution is 5.87. The Morgan fingerprint density at radius 2 is 2.15 bits per heavy atom. The van der Waals surface area contributed by atoms with Crippen molar-refractivity contribution < 1.29 is 14.7 Å². The van der Waals surface area contributed by atoms with Gasteiger partial charge in [0.2, 0.25) is 5.91 Å². The van der Waals surface area contributed by atoms with Crippen molar-refractivity contribution in [1.29, 1.82) is 0 Å². The van der Waals surface area contributed by atoms with E-state index in [1.54, 1.807) is 11.1 Å². The number of aliphatic carboxylic acids is 1. The normalized spacial score (nSPS) is 18.7. The summed E-state index contributed by atoms with van der Waals surface area (Å²) in [6.45, 7) is 0.628. The van der Waals surface area contributed by atoms with Gasteiger partial charge in [-0.3, -0.25) is 14.6 Å². The standard InChI is InChI=1S/C15H14N2O3/c18-14-7-11(15(19)20)8-17(14)9-13-12-4-2-1-3-10(12)5-6-16-13/h1-6,11H,7-9H2,(H,19,20). The lowest BCUT2D eigenvalue weighted by atomic mass is 10.1. The van der Waals surface area contributed by atoms with Crippen molar-refractivity contribution in [2.45, 2.75) is 13.0 Å². The van der Waals surface area contributed by atoms with Crippen LogP contribution in [0.15, 0.2) is 36.5 Å². The second-order valence-electron chi connectivity index (χ2n) is 4.99. The fourth-order valence-electron chi connectivity index (χ4n) is 2.58. The number of carboxylic acids is 1. The van der Waals surface area contributed by atoms with Crippen LogP contribution in [0.25, 0.3) is 10.8 Å². The highest BCUT2D eigenvalue weighted by Gasteiger charge is 2.34. The van der Waals surface area contributed by atoms with Crippen molar-refractivity contribution in [2.75, 3.05) is 6.54 Å². The summed E-state index contributed by atoms with van der Waals surface area (Å²) in [5, 5.41) is 11.1. The molecule has 1 saturated heterocycles. The van der Waals surface area contributed by atoms with Crippen molar-refractivity contribution in [3.63, 3.8) is 0 Å². The predicted molar refractivity (Wildman–Crippen MR) is 72.9 cm³/mol. The number of carbonyl (C=O) groups excluding carboxylic acids is 1. The Balaban J connectivity index is 1.87. The third kappa shape index (κ3) is 2.22. The monoisotopic (exact) mass is 270 g/mol. The van der Waals surface area contributed by atoms with Crippen molar-refractivity contribution in [2.24, 2.45) is 5.92 Å². The quantitative estimate of drug-likeness (QED) is 0.921. The number of amides is 1. The van der Waals surface area contributed by atoms with E-state index in [1.165, 1.54) is 0 Å². The van der Waals surface area contributed by atoms with Crippen LogP contribution in [-0.2, 0) is 16.1 Å². The second kappa shape index (κ2) is 4.92. The van der Waals surface area contributed by atoms with E-state index in [0.717, 1.165) is 16.5 Å². The predicted octanol–water partition coefficient (Wildman–Crippen LogP) is 1.67. The topological polar surface area (TPSA) is 70.5 Å². The van der Waals surface area contributed by atoms with Gasteiger partial charge in [0.25, 0.3) is 0 Å². The lowest BCUT2D eigenvalue weighted by molar-refractivity contribution is -0.141. The molecule has 1 amide bonds. The number of likely N-dealkylation sites (tertiary alicyclic amines) is 1. The first-order valence-corrected chi connectivity index (χ1v) is 6.48. The number of pyridine rings is 1. The Bertz CT molecular complexity index is 678. The number of carbonyl (C=O) groups is 2. The minimum absolute atomic E-state index is 0.0834. The van der Waals surface area contributed by atoms with E-state index >= 15 is 0 Å². The summed E-state index contributed by atoms with van der Waals surface area (Å²) in [4.78, 5) is 28.7. The fourth-order valence-corrected chi connectivity index (χ4v) is 2.58. The van der Waals surface area contributed by atoms with Crippen LogP contribution in [0.2, 0.25) is 0 Å². The van der Waals surface area contributed by atoms with Gasteiger partial charge in [0.15, 0.2) is 0 Å². The molecule has 3 rings (SSSR count). The molecule has 1 N–H and O–H groups in total. The molecule has 0 aliphatic carbocycles. The number of aromatic nitrogens is 1. The third-order valence-electron chi connectivity index (χ3n) is 3.66. The molecule has 20 heavy (non-hydrogen) atoms. The van der Waals surface area contributed by atoms with E-state index in [4.69, 9.17) is 5.11 Å². The van der Waals surface area contributed by atoms with E-state index < -0.39 is 11.9 Å². The third-order valence-corrected chi connectivity index (χ3v) is 3.66. The van der Waals surface area contributed by atoms with Gasteiger partial charge in [0, 0.05) is 24.5 Å². The van der Waals surface area contributed by atoms with Crippen molar-refractivity contribution >= 4 is 22.6 Å². The Labute approximate surface area is 115 Å². The summed E-state index contributed by atoms with van der Waals surface area (Å²) in [7, 11) is 0. The molecule has 5 nitrogen and oxygen atoms in total. The molecule has 2 heterocycles.